The number of nitro groups is 1. The maximum Gasteiger partial charge on any atom is 0.313 e. The third-order valence-corrected chi connectivity index (χ3v) is 2.90. The lowest BCUT2D eigenvalue weighted by atomic mass is 9.96. The van der Waals surface area contributed by atoms with Crippen LogP contribution in [0.2, 0.25) is 0 Å². The van der Waals surface area contributed by atoms with E-state index in [0.29, 0.717) is 18.7 Å². The molecule has 0 aromatic heterocycles. The molecule has 2 rings (SSSR count). The van der Waals surface area contributed by atoms with Crippen molar-refractivity contribution in [1.82, 2.24) is 5.48 Å². The van der Waals surface area contributed by atoms with Crippen molar-refractivity contribution in [2.45, 2.75) is 13.0 Å². The van der Waals surface area contributed by atoms with Gasteiger partial charge in [-0.1, -0.05) is 0 Å². The molecule has 0 aliphatic carbocycles. The molecule has 0 saturated carbocycles. The number of benzene rings is 1. The van der Waals surface area contributed by atoms with Gasteiger partial charge < -0.3 is 4.74 Å². The topological polar surface area (TPSA) is 90.7 Å². The molecule has 0 bridgehead atoms. The first-order chi connectivity index (χ1) is 9.13. The number of nitrogens with zero attached hydrogens (tertiary/aromatic N) is 1. The van der Waals surface area contributed by atoms with Crippen molar-refractivity contribution in [3.63, 3.8) is 0 Å². The van der Waals surface area contributed by atoms with Crippen LogP contribution in [0.15, 0.2) is 24.3 Å². The van der Waals surface area contributed by atoms with Crippen molar-refractivity contribution >= 4 is 11.7 Å². The number of non-ortho nitro benzene ring substituents is 1. The number of nitrogens with one attached hydrogen (secondary N) is 1. The molecule has 1 saturated heterocycles. The van der Waals surface area contributed by atoms with E-state index in [9.17, 15) is 14.9 Å². The smallest absolute Gasteiger partial charge is 0.313 e. The van der Waals surface area contributed by atoms with Crippen LogP contribution in [-0.2, 0) is 14.4 Å². The van der Waals surface area contributed by atoms with Gasteiger partial charge in [0.25, 0.3) is 5.69 Å². The Morgan fingerprint density at radius 2 is 2.21 bits per heavy atom. The van der Waals surface area contributed by atoms with Crippen molar-refractivity contribution in [1.29, 1.82) is 0 Å². The first-order valence-electron chi connectivity index (χ1n) is 5.93. The van der Waals surface area contributed by atoms with Gasteiger partial charge in [-0.05, 0) is 24.6 Å². The molecule has 0 amide bonds. The third-order valence-electron chi connectivity index (χ3n) is 2.90. The summed E-state index contributed by atoms with van der Waals surface area (Å²) in [6.07, 6.45) is -0.486. The number of esters is 1. The van der Waals surface area contributed by atoms with Crippen LogP contribution in [0.25, 0.3) is 0 Å². The van der Waals surface area contributed by atoms with Crippen LogP contribution in [-0.4, -0.2) is 24.0 Å². The van der Waals surface area contributed by atoms with Crippen LogP contribution in [0.4, 0.5) is 5.69 Å². The van der Waals surface area contributed by atoms with Crippen molar-refractivity contribution < 1.29 is 19.3 Å². The summed E-state index contributed by atoms with van der Waals surface area (Å²) in [6, 6.07) is 5.95. The van der Waals surface area contributed by atoms with Crippen molar-refractivity contribution in [3.05, 3.63) is 39.9 Å². The summed E-state index contributed by atoms with van der Waals surface area (Å²) in [5.74, 6) is -0.780. The minimum Gasteiger partial charge on any atom is -0.466 e. The van der Waals surface area contributed by atoms with Gasteiger partial charge in [-0.2, -0.15) is 0 Å². The normalized spacial score (nSPS) is 22.2. The average molecular weight is 266 g/mol. The molecule has 7 nitrogen and oxygen atoms in total. The minimum absolute atomic E-state index is 0.00221. The average Bonchev–Trinajstić information content (AvgIpc) is 2.88. The maximum atomic E-state index is 11.8. The molecular weight excluding hydrogens is 252 g/mol. The highest BCUT2D eigenvalue weighted by atomic mass is 16.7. The quantitative estimate of drug-likeness (QED) is 0.502. The van der Waals surface area contributed by atoms with Gasteiger partial charge in [0.15, 0.2) is 0 Å². The Morgan fingerprint density at radius 1 is 1.53 bits per heavy atom. The molecule has 0 radical (unpaired) electrons. The number of nitro benzene ring substituents is 1. The van der Waals surface area contributed by atoms with Gasteiger partial charge in [-0.3, -0.25) is 19.7 Å². The van der Waals surface area contributed by atoms with Gasteiger partial charge in [0.05, 0.1) is 11.5 Å². The molecule has 7 heteroatoms. The summed E-state index contributed by atoms with van der Waals surface area (Å²) in [6.45, 7) is 2.41. The fraction of sp³-hybridized carbons (Fsp3) is 0.417. The third kappa shape index (κ3) is 2.88. The maximum absolute atomic E-state index is 11.8. The van der Waals surface area contributed by atoms with Gasteiger partial charge >= 0.3 is 5.97 Å². The van der Waals surface area contributed by atoms with Crippen molar-refractivity contribution in [2.75, 3.05) is 13.2 Å². The Balaban J connectivity index is 2.15. The number of hydroxylamine groups is 1. The van der Waals surface area contributed by atoms with Gasteiger partial charge in [0.1, 0.15) is 12.0 Å². The van der Waals surface area contributed by atoms with Gasteiger partial charge in [0, 0.05) is 18.7 Å². The highest BCUT2D eigenvalue weighted by Gasteiger charge is 2.36. The van der Waals surface area contributed by atoms with E-state index in [1.165, 1.54) is 12.1 Å². The van der Waals surface area contributed by atoms with Crippen LogP contribution in [0, 0.1) is 16.0 Å². The monoisotopic (exact) mass is 266 g/mol. The van der Waals surface area contributed by atoms with E-state index >= 15 is 0 Å². The molecule has 102 valence electrons. The Morgan fingerprint density at radius 3 is 2.79 bits per heavy atom. The molecule has 1 N–H and O–H groups in total. The zero-order valence-corrected chi connectivity index (χ0v) is 10.4. The van der Waals surface area contributed by atoms with E-state index in [1.807, 2.05) is 0 Å². The summed E-state index contributed by atoms with van der Waals surface area (Å²) in [4.78, 5) is 27.2. The SMILES string of the molecule is CCOC(=O)C1CNOC1c1ccc([N+](=O)[O-])cc1. The van der Waals surface area contributed by atoms with Crippen molar-refractivity contribution in [2.24, 2.45) is 5.92 Å². The van der Waals surface area contributed by atoms with E-state index in [-0.39, 0.29) is 11.7 Å². The first kappa shape index (κ1) is 13.4. The molecule has 1 aromatic rings. The van der Waals surface area contributed by atoms with Gasteiger partial charge in [-0.25, -0.2) is 5.48 Å². The largest absolute Gasteiger partial charge is 0.466 e. The Bertz CT molecular complexity index is 474. The fourth-order valence-electron chi connectivity index (χ4n) is 1.96. The lowest BCUT2D eigenvalue weighted by molar-refractivity contribution is -0.384. The number of ether oxygens (including phenoxy) is 1. The lowest BCUT2D eigenvalue weighted by Crippen LogP contribution is -2.24. The number of carbonyl (C=O) groups is 1. The van der Waals surface area contributed by atoms with Gasteiger partial charge in [0.2, 0.25) is 0 Å². The Kier molecular flexibility index (Phi) is 4.08. The van der Waals surface area contributed by atoms with Crippen LogP contribution in [0.5, 0.6) is 0 Å². The van der Waals surface area contributed by atoms with Crippen LogP contribution in [0.3, 0.4) is 0 Å². The molecule has 1 fully saturated rings. The number of hydrogen-bond donors (Lipinski definition) is 1. The van der Waals surface area contributed by atoms with Crippen LogP contribution < -0.4 is 5.48 Å². The second-order valence-electron chi connectivity index (χ2n) is 4.09. The van der Waals surface area contributed by atoms with E-state index in [1.54, 1.807) is 19.1 Å². The van der Waals surface area contributed by atoms with Crippen molar-refractivity contribution in [3.8, 4) is 0 Å². The van der Waals surface area contributed by atoms with E-state index in [4.69, 9.17) is 9.57 Å². The van der Waals surface area contributed by atoms with E-state index < -0.39 is 16.9 Å². The van der Waals surface area contributed by atoms with Gasteiger partial charge in [-0.15, -0.1) is 0 Å². The zero-order valence-electron chi connectivity index (χ0n) is 10.4. The first-order valence-corrected chi connectivity index (χ1v) is 5.93. The summed E-state index contributed by atoms with van der Waals surface area (Å²) < 4.78 is 4.97. The second-order valence-corrected chi connectivity index (χ2v) is 4.09. The molecule has 2 unspecified atom stereocenters. The highest BCUT2D eigenvalue weighted by Crippen LogP contribution is 2.31. The van der Waals surface area contributed by atoms with E-state index in [0.717, 1.165) is 0 Å². The Labute approximate surface area is 109 Å². The predicted molar refractivity (Wildman–Crippen MR) is 65.0 cm³/mol. The summed E-state index contributed by atoms with van der Waals surface area (Å²) in [5, 5.41) is 10.6. The molecule has 2 atom stereocenters. The molecule has 1 aliphatic heterocycles. The molecule has 0 spiro atoms. The van der Waals surface area contributed by atoms with Crippen LogP contribution in [0.1, 0.15) is 18.6 Å². The zero-order chi connectivity index (χ0) is 13.8. The number of hydrogen-bond acceptors (Lipinski definition) is 6. The second kappa shape index (κ2) is 5.77. The van der Waals surface area contributed by atoms with E-state index in [2.05, 4.69) is 5.48 Å². The fourth-order valence-corrected chi connectivity index (χ4v) is 1.96. The summed E-state index contributed by atoms with van der Waals surface area (Å²) in [5.41, 5.74) is 3.37. The summed E-state index contributed by atoms with van der Waals surface area (Å²) in [7, 11) is 0. The summed E-state index contributed by atoms with van der Waals surface area (Å²) >= 11 is 0. The van der Waals surface area contributed by atoms with Crippen LogP contribution >= 0.6 is 0 Å². The highest BCUT2D eigenvalue weighted by molar-refractivity contribution is 5.74. The molecule has 1 heterocycles. The molecule has 1 aliphatic rings. The minimum atomic E-state index is -0.486. The number of rotatable bonds is 4. The number of carbonyl (C=O) groups excluding carboxylic acids is 1. The standard InChI is InChI=1S/C12H14N2O5/c1-2-18-12(15)10-7-13-19-11(10)8-3-5-9(6-4-8)14(16)17/h3-6,10-11,13H,2,7H2,1H3. The Hall–Kier alpha value is -1.99. The molecular formula is C12H14N2O5. The predicted octanol–water partition coefficient (Wildman–Crippen LogP) is 1.35. The molecule has 1 aromatic carbocycles. The molecule has 19 heavy (non-hydrogen) atoms. The lowest BCUT2D eigenvalue weighted by Gasteiger charge is -2.15.